The first-order valence-corrected chi connectivity index (χ1v) is 6.62. The van der Waals surface area contributed by atoms with Gasteiger partial charge in [0.25, 0.3) is 0 Å². The Balaban J connectivity index is 4.63. The molecular formula is C8H14NO7P. The summed E-state index contributed by atoms with van der Waals surface area (Å²) in [6, 6.07) is 0. The molecule has 0 radical (unpaired) electrons. The van der Waals surface area contributed by atoms with Crippen LogP contribution in [0.25, 0.3) is 0 Å². The van der Waals surface area contributed by atoms with E-state index in [1.54, 1.807) is 0 Å². The second-order valence-corrected chi connectivity index (χ2v) is 6.01. The van der Waals surface area contributed by atoms with Crippen molar-refractivity contribution in [1.82, 2.24) is 4.90 Å². The number of hydrogen-bond acceptors (Lipinski definition) is 4. The molecule has 0 aromatic rings. The Hall–Kier alpha value is -1.40. The third-order valence-electron chi connectivity index (χ3n) is 1.90. The molecule has 98 valence electrons. The normalized spacial score (nSPS) is 15.6. The quantitative estimate of drug-likeness (QED) is 0.398. The number of hydrogen-bond donors (Lipinski definition) is 3. The summed E-state index contributed by atoms with van der Waals surface area (Å²) in [6.07, 6.45) is -1.58. The van der Waals surface area contributed by atoms with Crippen LogP contribution >= 0.6 is 7.37 Å². The fourth-order valence-electron chi connectivity index (χ4n) is 1.22. The number of carbonyl (C=O) groups is 3. The van der Waals surface area contributed by atoms with Crippen LogP contribution in [0.2, 0.25) is 0 Å². The molecule has 1 amide bonds. The monoisotopic (exact) mass is 267 g/mol. The van der Waals surface area contributed by atoms with E-state index in [0.717, 1.165) is 4.90 Å². The predicted molar refractivity (Wildman–Crippen MR) is 56.8 cm³/mol. The fourth-order valence-corrected chi connectivity index (χ4v) is 3.08. The van der Waals surface area contributed by atoms with Crippen molar-refractivity contribution < 1.29 is 34.1 Å². The zero-order valence-electron chi connectivity index (χ0n) is 9.15. The van der Waals surface area contributed by atoms with Gasteiger partial charge in [-0.25, -0.2) is 0 Å². The molecule has 0 aromatic heterocycles. The van der Waals surface area contributed by atoms with Gasteiger partial charge in [-0.15, -0.1) is 0 Å². The molecule has 0 bridgehead atoms. The van der Waals surface area contributed by atoms with Gasteiger partial charge in [0.05, 0.1) is 18.6 Å². The third-order valence-corrected chi connectivity index (χ3v) is 3.80. The lowest BCUT2D eigenvalue weighted by Crippen LogP contribution is -2.25. The Labute approximate surface area is 97.3 Å². The van der Waals surface area contributed by atoms with E-state index in [0.29, 0.717) is 6.41 Å². The third kappa shape index (κ3) is 6.70. The second kappa shape index (κ2) is 6.36. The molecule has 0 rings (SSSR count). The number of carboxylic acid groups (broad SMARTS) is 2. The van der Waals surface area contributed by atoms with E-state index in [2.05, 4.69) is 0 Å². The molecule has 17 heavy (non-hydrogen) atoms. The molecule has 0 spiro atoms. The van der Waals surface area contributed by atoms with Crippen molar-refractivity contribution in [3.05, 3.63) is 0 Å². The minimum Gasteiger partial charge on any atom is -0.481 e. The molecule has 0 aliphatic heterocycles. The Morgan fingerprint density at radius 3 is 2.29 bits per heavy atom. The molecule has 3 N–H and O–H groups in total. The molecule has 0 heterocycles. The SMILES string of the molecule is CN(C=O)CP(=O)(O)CC(CC(=O)O)C(=O)O. The van der Waals surface area contributed by atoms with Gasteiger partial charge < -0.3 is 20.0 Å². The molecule has 0 aliphatic rings. The van der Waals surface area contributed by atoms with Gasteiger partial charge in [0.2, 0.25) is 13.8 Å². The van der Waals surface area contributed by atoms with Crippen LogP contribution in [0.15, 0.2) is 0 Å². The highest BCUT2D eigenvalue weighted by Gasteiger charge is 2.31. The van der Waals surface area contributed by atoms with Gasteiger partial charge in [-0.3, -0.25) is 18.9 Å². The van der Waals surface area contributed by atoms with Gasteiger partial charge in [0, 0.05) is 13.2 Å². The molecule has 0 aromatic carbocycles. The summed E-state index contributed by atoms with van der Waals surface area (Å²) >= 11 is 0. The highest BCUT2D eigenvalue weighted by atomic mass is 31.2. The van der Waals surface area contributed by atoms with Crippen LogP contribution in [0, 0.1) is 5.92 Å². The van der Waals surface area contributed by atoms with E-state index >= 15 is 0 Å². The number of carbonyl (C=O) groups excluding carboxylic acids is 1. The molecule has 0 saturated heterocycles. The van der Waals surface area contributed by atoms with Gasteiger partial charge in [0.1, 0.15) is 0 Å². The van der Waals surface area contributed by atoms with Crippen molar-refractivity contribution in [2.24, 2.45) is 5.92 Å². The van der Waals surface area contributed by atoms with Crippen molar-refractivity contribution in [2.45, 2.75) is 6.42 Å². The van der Waals surface area contributed by atoms with Crippen molar-refractivity contribution in [3.8, 4) is 0 Å². The maximum atomic E-state index is 11.6. The average molecular weight is 267 g/mol. The molecule has 2 unspecified atom stereocenters. The Morgan fingerprint density at radius 2 is 1.94 bits per heavy atom. The van der Waals surface area contributed by atoms with Crippen LogP contribution < -0.4 is 0 Å². The van der Waals surface area contributed by atoms with Crippen molar-refractivity contribution >= 4 is 25.7 Å². The smallest absolute Gasteiger partial charge is 0.307 e. The van der Waals surface area contributed by atoms with Crippen LogP contribution in [-0.2, 0) is 18.9 Å². The molecule has 2 atom stereocenters. The topological polar surface area (TPSA) is 132 Å². The van der Waals surface area contributed by atoms with E-state index in [9.17, 15) is 23.8 Å². The fraction of sp³-hybridized carbons (Fsp3) is 0.625. The van der Waals surface area contributed by atoms with E-state index < -0.39 is 44.1 Å². The van der Waals surface area contributed by atoms with E-state index in [1.807, 2.05) is 0 Å². The van der Waals surface area contributed by atoms with Crippen LogP contribution in [0.5, 0.6) is 0 Å². The lowest BCUT2D eigenvalue weighted by atomic mass is 10.1. The lowest BCUT2D eigenvalue weighted by Gasteiger charge is -2.19. The van der Waals surface area contributed by atoms with Gasteiger partial charge in [-0.1, -0.05) is 0 Å². The average Bonchev–Trinajstić information content (AvgIpc) is 2.14. The molecule has 9 heteroatoms. The van der Waals surface area contributed by atoms with Crippen LogP contribution in [0.1, 0.15) is 6.42 Å². The molecular weight excluding hydrogens is 253 g/mol. The minimum atomic E-state index is -3.88. The van der Waals surface area contributed by atoms with E-state index in [1.165, 1.54) is 7.05 Å². The maximum absolute atomic E-state index is 11.6. The zero-order valence-corrected chi connectivity index (χ0v) is 10.0. The van der Waals surface area contributed by atoms with Crippen LogP contribution in [0.4, 0.5) is 0 Å². The van der Waals surface area contributed by atoms with E-state index in [-0.39, 0.29) is 0 Å². The summed E-state index contributed by atoms with van der Waals surface area (Å²) in [5.74, 6) is -4.25. The number of rotatable bonds is 8. The number of aliphatic carboxylic acids is 2. The van der Waals surface area contributed by atoms with Crippen LogP contribution in [-0.4, -0.2) is 57.9 Å². The van der Waals surface area contributed by atoms with Crippen LogP contribution in [0.3, 0.4) is 0 Å². The Kier molecular flexibility index (Phi) is 5.84. The molecule has 0 saturated carbocycles. The van der Waals surface area contributed by atoms with Crippen molar-refractivity contribution in [3.63, 3.8) is 0 Å². The predicted octanol–water partition coefficient (Wildman–Crippen LogP) is -0.522. The number of amides is 1. The summed E-state index contributed by atoms with van der Waals surface area (Å²) < 4.78 is 11.6. The van der Waals surface area contributed by atoms with E-state index in [4.69, 9.17) is 10.2 Å². The molecule has 0 aliphatic carbocycles. The largest absolute Gasteiger partial charge is 0.481 e. The second-order valence-electron chi connectivity index (χ2n) is 3.67. The summed E-state index contributed by atoms with van der Waals surface area (Å²) in [5, 5.41) is 17.2. The highest BCUT2D eigenvalue weighted by molar-refractivity contribution is 7.58. The van der Waals surface area contributed by atoms with Gasteiger partial charge >= 0.3 is 11.9 Å². The van der Waals surface area contributed by atoms with Crippen molar-refractivity contribution in [1.29, 1.82) is 0 Å². The summed E-state index contributed by atoms with van der Waals surface area (Å²) in [6.45, 7) is 0. The summed E-state index contributed by atoms with van der Waals surface area (Å²) in [7, 11) is -2.61. The number of nitrogens with zero attached hydrogens (tertiary/aromatic N) is 1. The van der Waals surface area contributed by atoms with Gasteiger partial charge in [-0.2, -0.15) is 0 Å². The zero-order chi connectivity index (χ0) is 13.6. The van der Waals surface area contributed by atoms with Gasteiger partial charge in [0.15, 0.2) is 0 Å². The first-order valence-electron chi connectivity index (χ1n) is 4.59. The lowest BCUT2D eigenvalue weighted by molar-refractivity contribution is -0.147. The molecule has 8 nitrogen and oxygen atoms in total. The van der Waals surface area contributed by atoms with Crippen molar-refractivity contribution in [2.75, 3.05) is 19.5 Å². The highest BCUT2D eigenvalue weighted by Crippen LogP contribution is 2.43. The Morgan fingerprint density at radius 1 is 1.41 bits per heavy atom. The number of carboxylic acids is 2. The Bertz CT molecular complexity index is 356. The van der Waals surface area contributed by atoms with Gasteiger partial charge in [-0.05, 0) is 0 Å². The minimum absolute atomic E-state index is 0.329. The standard InChI is InChI=1S/C8H14NO7P/c1-9(4-10)5-17(15,16)3-6(8(13)14)2-7(11)12/h4,6H,2-3,5H2,1H3,(H,11,12)(H,13,14)(H,15,16). The first kappa shape index (κ1) is 15.6. The summed E-state index contributed by atoms with van der Waals surface area (Å²) in [5.41, 5.74) is 0. The molecule has 0 fully saturated rings. The maximum Gasteiger partial charge on any atom is 0.307 e. The first-order chi connectivity index (χ1) is 7.68. The summed E-state index contributed by atoms with van der Waals surface area (Å²) in [4.78, 5) is 41.7.